The van der Waals surface area contributed by atoms with Gasteiger partial charge in [-0.3, -0.25) is 9.69 Å². The second-order valence-corrected chi connectivity index (χ2v) is 4.54. The summed E-state index contributed by atoms with van der Waals surface area (Å²) < 4.78 is 0. The van der Waals surface area contributed by atoms with Gasteiger partial charge in [-0.2, -0.15) is 0 Å². The Morgan fingerprint density at radius 1 is 1.44 bits per heavy atom. The molecular weight excluding hydrogens is 202 g/mol. The molecule has 1 amide bonds. The van der Waals surface area contributed by atoms with Gasteiger partial charge in [0.2, 0.25) is 5.91 Å². The lowest BCUT2D eigenvalue weighted by Crippen LogP contribution is -2.48. The summed E-state index contributed by atoms with van der Waals surface area (Å²) in [6, 6.07) is 0.365. The number of amides is 1. The van der Waals surface area contributed by atoms with Gasteiger partial charge in [0.25, 0.3) is 0 Å². The molecule has 0 spiro atoms. The van der Waals surface area contributed by atoms with E-state index in [0.717, 1.165) is 45.6 Å². The number of nitrogens with one attached hydrogen (secondary N) is 2. The highest BCUT2D eigenvalue weighted by atomic mass is 16.1. The monoisotopic (exact) mass is 227 g/mol. The Bertz CT molecular complexity index is 202. The number of hydrogen-bond donors (Lipinski definition) is 2. The SMILES string of the molecule is CCCCNC(=O)CC(C)N1CCNCC1. The van der Waals surface area contributed by atoms with Crippen LogP contribution in [0.1, 0.15) is 33.1 Å². The van der Waals surface area contributed by atoms with Gasteiger partial charge in [0.05, 0.1) is 0 Å². The Balaban J connectivity index is 2.16. The van der Waals surface area contributed by atoms with Crippen molar-refractivity contribution < 1.29 is 4.79 Å². The van der Waals surface area contributed by atoms with Crippen LogP contribution < -0.4 is 10.6 Å². The Morgan fingerprint density at radius 2 is 2.12 bits per heavy atom. The van der Waals surface area contributed by atoms with Crippen molar-refractivity contribution in [3.8, 4) is 0 Å². The van der Waals surface area contributed by atoms with Gasteiger partial charge in [-0.05, 0) is 13.3 Å². The molecule has 2 N–H and O–H groups in total. The van der Waals surface area contributed by atoms with E-state index in [2.05, 4.69) is 29.4 Å². The third-order valence-corrected chi connectivity index (χ3v) is 3.11. The van der Waals surface area contributed by atoms with Crippen LogP contribution in [-0.4, -0.2) is 49.6 Å². The minimum Gasteiger partial charge on any atom is -0.356 e. The zero-order chi connectivity index (χ0) is 11.8. The summed E-state index contributed by atoms with van der Waals surface area (Å²) in [7, 11) is 0. The molecule has 1 saturated heterocycles. The van der Waals surface area contributed by atoms with E-state index in [4.69, 9.17) is 0 Å². The van der Waals surface area contributed by atoms with Crippen LogP contribution in [0.5, 0.6) is 0 Å². The molecule has 0 radical (unpaired) electrons. The molecule has 1 heterocycles. The molecule has 4 heteroatoms. The minimum absolute atomic E-state index is 0.194. The first-order valence-corrected chi connectivity index (χ1v) is 6.45. The summed E-state index contributed by atoms with van der Waals surface area (Å²) in [6.45, 7) is 9.31. The Labute approximate surface area is 98.8 Å². The number of nitrogens with zero attached hydrogens (tertiary/aromatic N) is 1. The smallest absolute Gasteiger partial charge is 0.221 e. The van der Waals surface area contributed by atoms with E-state index in [1.807, 2.05) is 0 Å². The molecule has 1 unspecified atom stereocenters. The fourth-order valence-electron chi connectivity index (χ4n) is 2.00. The molecule has 0 bridgehead atoms. The standard InChI is InChI=1S/C12H25N3O/c1-3-4-5-14-12(16)10-11(2)15-8-6-13-7-9-15/h11,13H,3-10H2,1-2H3,(H,14,16). The molecule has 0 aromatic heterocycles. The molecule has 1 aliphatic heterocycles. The van der Waals surface area contributed by atoms with Crippen LogP contribution in [0.3, 0.4) is 0 Å². The van der Waals surface area contributed by atoms with Gasteiger partial charge in [-0.25, -0.2) is 0 Å². The molecule has 1 rings (SSSR count). The molecule has 0 saturated carbocycles. The first kappa shape index (κ1) is 13.5. The normalized spacial score (nSPS) is 19.4. The second kappa shape index (κ2) is 7.63. The first-order chi connectivity index (χ1) is 7.74. The van der Waals surface area contributed by atoms with Gasteiger partial charge in [0.1, 0.15) is 0 Å². The van der Waals surface area contributed by atoms with Gasteiger partial charge >= 0.3 is 0 Å². The van der Waals surface area contributed by atoms with Gasteiger partial charge in [-0.15, -0.1) is 0 Å². The summed E-state index contributed by atoms with van der Waals surface area (Å²) in [5.41, 5.74) is 0. The number of rotatable bonds is 6. The number of unbranched alkanes of at least 4 members (excludes halogenated alkanes) is 1. The maximum absolute atomic E-state index is 11.6. The van der Waals surface area contributed by atoms with Crippen LogP contribution in [0.4, 0.5) is 0 Å². The molecular formula is C12H25N3O. The van der Waals surface area contributed by atoms with Crippen LogP contribution >= 0.6 is 0 Å². The Kier molecular flexibility index (Phi) is 6.42. The lowest BCUT2D eigenvalue weighted by atomic mass is 10.1. The predicted octanol–water partition coefficient (Wildman–Crippen LogP) is 0.587. The molecule has 94 valence electrons. The minimum atomic E-state index is 0.194. The number of piperazine rings is 1. The largest absolute Gasteiger partial charge is 0.356 e. The third-order valence-electron chi connectivity index (χ3n) is 3.11. The van der Waals surface area contributed by atoms with Crippen molar-refractivity contribution in [2.75, 3.05) is 32.7 Å². The maximum atomic E-state index is 11.6. The average Bonchev–Trinajstić information content (AvgIpc) is 2.30. The van der Waals surface area contributed by atoms with E-state index >= 15 is 0 Å². The molecule has 4 nitrogen and oxygen atoms in total. The highest BCUT2D eigenvalue weighted by Crippen LogP contribution is 2.04. The highest BCUT2D eigenvalue weighted by molar-refractivity contribution is 5.76. The van der Waals surface area contributed by atoms with E-state index in [1.165, 1.54) is 0 Å². The van der Waals surface area contributed by atoms with E-state index in [0.29, 0.717) is 12.5 Å². The maximum Gasteiger partial charge on any atom is 0.221 e. The number of carbonyl (C=O) groups is 1. The molecule has 1 atom stereocenters. The van der Waals surface area contributed by atoms with E-state index < -0.39 is 0 Å². The summed E-state index contributed by atoms with van der Waals surface area (Å²) in [4.78, 5) is 14.0. The molecule has 1 fully saturated rings. The van der Waals surface area contributed by atoms with Crippen molar-refractivity contribution in [1.82, 2.24) is 15.5 Å². The molecule has 0 aromatic rings. The zero-order valence-electron chi connectivity index (χ0n) is 10.6. The van der Waals surface area contributed by atoms with Crippen molar-refractivity contribution in [2.45, 2.75) is 39.2 Å². The van der Waals surface area contributed by atoms with Crippen molar-refractivity contribution in [3.05, 3.63) is 0 Å². The lowest BCUT2D eigenvalue weighted by molar-refractivity contribution is -0.122. The van der Waals surface area contributed by atoms with Crippen LogP contribution in [-0.2, 0) is 4.79 Å². The Hall–Kier alpha value is -0.610. The summed E-state index contributed by atoms with van der Waals surface area (Å²) >= 11 is 0. The topological polar surface area (TPSA) is 44.4 Å². The fourth-order valence-corrected chi connectivity index (χ4v) is 2.00. The molecule has 16 heavy (non-hydrogen) atoms. The van der Waals surface area contributed by atoms with Crippen molar-refractivity contribution >= 4 is 5.91 Å². The van der Waals surface area contributed by atoms with E-state index in [-0.39, 0.29) is 5.91 Å². The van der Waals surface area contributed by atoms with Crippen molar-refractivity contribution in [3.63, 3.8) is 0 Å². The molecule has 0 aromatic carbocycles. The first-order valence-electron chi connectivity index (χ1n) is 6.45. The third kappa shape index (κ3) is 4.94. The summed E-state index contributed by atoms with van der Waals surface area (Å²) in [5.74, 6) is 0.194. The van der Waals surface area contributed by atoms with Crippen LogP contribution in [0.25, 0.3) is 0 Å². The van der Waals surface area contributed by atoms with Gasteiger partial charge < -0.3 is 10.6 Å². The second-order valence-electron chi connectivity index (χ2n) is 4.54. The quantitative estimate of drug-likeness (QED) is 0.653. The van der Waals surface area contributed by atoms with E-state index in [1.54, 1.807) is 0 Å². The van der Waals surface area contributed by atoms with Crippen LogP contribution in [0.2, 0.25) is 0 Å². The predicted molar refractivity (Wildman–Crippen MR) is 66.4 cm³/mol. The lowest BCUT2D eigenvalue weighted by Gasteiger charge is -2.32. The molecule has 0 aliphatic carbocycles. The van der Waals surface area contributed by atoms with Crippen molar-refractivity contribution in [1.29, 1.82) is 0 Å². The molecule has 1 aliphatic rings. The van der Waals surface area contributed by atoms with Crippen molar-refractivity contribution in [2.24, 2.45) is 0 Å². The zero-order valence-corrected chi connectivity index (χ0v) is 10.6. The van der Waals surface area contributed by atoms with Gasteiger partial charge in [0, 0.05) is 45.2 Å². The Morgan fingerprint density at radius 3 is 2.75 bits per heavy atom. The highest BCUT2D eigenvalue weighted by Gasteiger charge is 2.18. The number of carbonyl (C=O) groups excluding carboxylic acids is 1. The van der Waals surface area contributed by atoms with E-state index in [9.17, 15) is 4.79 Å². The van der Waals surface area contributed by atoms with Gasteiger partial charge in [0.15, 0.2) is 0 Å². The fraction of sp³-hybridized carbons (Fsp3) is 0.917. The van der Waals surface area contributed by atoms with Gasteiger partial charge in [-0.1, -0.05) is 13.3 Å². The number of hydrogen-bond acceptors (Lipinski definition) is 3. The van der Waals surface area contributed by atoms with Crippen LogP contribution in [0, 0.1) is 0 Å². The van der Waals surface area contributed by atoms with Crippen LogP contribution in [0.15, 0.2) is 0 Å². The summed E-state index contributed by atoms with van der Waals surface area (Å²) in [6.07, 6.45) is 2.84. The summed E-state index contributed by atoms with van der Waals surface area (Å²) in [5, 5.41) is 6.29. The average molecular weight is 227 g/mol.